The average molecular weight is 238 g/mol. The number of carbonyl (C=O) groups is 1. The predicted octanol–water partition coefficient (Wildman–Crippen LogP) is 1.99. The van der Waals surface area contributed by atoms with Crippen molar-refractivity contribution in [2.24, 2.45) is 0 Å². The summed E-state index contributed by atoms with van der Waals surface area (Å²) in [5, 5.41) is 8.01. The number of ketones is 1. The molecule has 1 aromatic carbocycles. The van der Waals surface area contributed by atoms with E-state index < -0.39 is 0 Å². The van der Waals surface area contributed by atoms with Crippen LogP contribution < -0.4 is 0 Å². The summed E-state index contributed by atoms with van der Waals surface area (Å²) in [5.74, 6) is 0.434. The fourth-order valence-electron chi connectivity index (χ4n) is 1.50. The zero-order chi connectivity index (χ0) is 11.5. The zero-order valence-corrected chi connectivity index (χ0v) is 9.39. The van der Waals surface area contributed by atoms with Crippen molar-refractivity contribution in [3.05, 3.63) is 35.6 Å². The van der Waals surface area contributed by atoms with Crippen LogP contribution in [-0.4, -0.2) is 34.7 Å². The highest BCUT2D eigenvalue weighted by Gasteiger charge is 2.20. The monoisotopic (exact) mass is 238 g/mol. The molecule has 1 heterocycles. The molecule has 1 N–H and O–H groups in total. The van der Waals surface area contributed by atoms with Crippen molar-refractivity contribution in [2.75, 3.05) is 18.8 Å². The lowest BCUT2D eigenvalue weighted by Crippen LogP contribution is -2.30. The summed E-state index contributed by atoms with van der Waals surface area (Å²) in [4.78, 5) is 13.5. The first-order chi connectivity index (χ1) is 7.66. The molecule has 1 aromatic rings. The molecule has 2 rings (SSSR count). The van der Waals surface area contributed by atoms with Gasteiger partial charge in [0.2, 0.25) is 0 Å². The van der Waals surface area contributed by atoms with Crippen molar-refractivity contribution in [3.8, 4) is 0 Å². The standard InChI is InChI=1S/C11H11FN2OS/c12-9-3-1-8(2-4-9)10(15)7-14-5-6-16-11(14)13/h1-4,13H,5-7H2. The molecule has 16 heavy (non-hydrogen) atoms. The molecule has 1 aliphatic heterocycles. The number of hydrogen-bond acceptors (Lipinski definition) is 3. The molecule has 0 spiro atoms. The van der Waals surface area contributed by atoms with Crippen LogP contribution >= 0.6 is 11.8 Å². The van der Waals surface area contributed by atoms with E-state index in [0.29, 0.717) is 10.7 Å². The van der Waals surface area contributed by atoms with E-state index in [-0.39, 0.29) is 18.1 Å². The summed E-state index contributed by atoms with van der Waals surface area (Å²) < 4.78 is 12.7. The topological polar surface area (TPSA) is 44.2 Å². The van der Waals surface area contributed by atoms with Gasteiger partial charge in [0.1, 0.15) is 5.82 Å². The van der Waals surface area contributed by atoms with Gasteiger partial charge in [-0.15, -0.1) is 0 Å². The van der Waals surface area contributed by atoms with Crippen LogP contribution in [0, 0.1) is 11.2 Å². The molecule has 0 aromatic heterocycles. The van der Waals surface area contributed by atoms with Crippen molar-refractivity contribution in [1.29, 1.82) is 5.41 Å². The summed E-state index contributed by atoms with van der Waals surface area (Å²) in [6.45, 7) is 0.938. The Morgan fingerprint density at radius 3 is 2.69 bits per heavy atom. The fraction of sp³-hybridized carbons (Fsp3) is 0.273. The van der Waals surface area contributed by atoms with E-state index >= 15 is 0 Å². The molecule has 1 fully saturated rings. The van der Waals surface area contributed by atoms with Gasteiger partial charge < -0.3 is 4.90 Å². The number of rotatable bonds is 3. The molecule has 5 heteroatoms. The molecule has 1 aliphatic rings. The lowest BCUT2D eigenvalue weighted by Gasteiger charge is -2.15. The maximum atomic E-state index is 12.7. The highest BCUT2D eigenvalue weighted by Crippen LogP contribution is 2.16. The molecule has 0 aliphatic carbocycles. The number of Topliss-reactive ketones (excluding diaryl/α,β-unsaturated/α-hetero) is 1. The van der Waals surface area contributed by atoms with Gasteiger partial charge in [0.15, 0.2) is 11.0 Å². The molecular weight excluding hydrogens is 227 g/mol. The van der Waals surface area contributed by atoms with E-state index in [4.69, 9.17) is 5.41 Å². The number of halogens is 1. The van der Waals surface area contributed by atoms with E-state index in [1.807, 2.05) is 0 Å². The van der Waals surface area contributed by atoms with Crippen LogP contribution in [-0.2, 0) is 0 Å². The second-order valence-corrected chi connectivity index (χ2v) is 4.59. The molecule has 0 unspecified atom stereocenters. The van der Waals surface area contributed by atoms with Crippen LogP contribution in [0.1, 0.15) is 10.4 Å². The molecule has 0 atom stereocenters. The van der Waals surface area contributed by atoms with Gasteiger partial charge in [-0.25, -0.2) is 4.39 Å². The normalized spacial score (nSPS) is 15.6. The fourth-order valence-corrected chi connectivity index (χ4v) is 2.34. The van der Waals surface area contributed by atoms with Crippen LogP contribution in [0.5, 0.6) is 0 Å². The lowest BCUT2D eigenvalue weighted by atomic mass is 10.1. The molecular formula is C11H11FN2OS. The SMILES string of the molecule is N=C1SCCN1CC(=O)c1ccc(F)cc1. The highest BCUT2D eigenvalue weighted by atomic mass is 32.2. The molecule has 1 saturated heterocycles. The third-order valence-electron chi connectivity index (χ3n) is 2.39. The van der Waals surface area contributed by atoms with Crippen molar-refractivity contribution in [2.45, 2.75) is 0 Å². The van der Waals surface area contributed by atoms with Crippen molar-refractivity contribution < 1.29 is 9.18 Å². The average Bonchev–Trinajstić information content (AvgIpc) is 2.65. The van der Waals surface area contributed by atoms with E-state index in [9.17, 15) is 9.18 Å². The van der Waals surface area contributed by atoms with Gasteiger partial charge in [0.05, 0.1) is 6.54 Å². The Labute approximate surface area is 97.1 Å². The second kappa shape index (κ2) is 4.65. The minimum Gasteiger partial charge on any atom is -0.343 e. The van der Waals surface area contributed by atoms with E-state index in [1.165, 1.54) is 36.0 Å². The number of hydrogen-bond donors (Lipinski definition) is 1. The first-order valence-electron chi connectivity index (χ1n) is 4.92. The second-order valence-electron chi connectivity index (χ2n) is 3.51. The largest absolute Gasteiger partial charge is 0.343 e. The van der Waals surface area contributed by atoms with Crippen molar-refractivity contribution in [1.82, 2.24) is 4.90 Å². The molecule has 84 valence electrons. The molecule has 0 radical (unpaired) electrons. The Bertz CT molecular complexity index is 418. The first-order valence-corrected chi connectivity index (χ1v) is 5.90. The van der Waals surface area contributed by atoms with Crippen LogP contribution in [0.2, 0.25) is 0 Å². The summed E-state index contributed by atoms with van der Waals surface area (Å²) in [6.07, 6.45) is 0. The molecule has 3 nitrogen and oxygen atoms in total. The van der Waals surface area contributed by atoms with E-state index in [0.717, 1.165) is 12.3 Å². The maximum Gasteiger partial charge on any atom is 0.182 e. The summed E-state index contributed by atoms with van der Waals surface area (Å²) >= 11 is 1.44. The van der Waals surface area contributed by atoms with Gasteiger partial charge in [0, 0.05) is 17.9 Å². The first kappa shape index (κ1) is 11.1. The molecule has 0 amide bonds. The number of nitrogens with one attached hydrogen (secondary N) is 1. The maximum absolute atomic E-state index is 12.7. The number of amidine groups is 1. The number of benzene rings is 1. The number of carbonyl (C=O) groups excluding carboxylic acids is 1. The summed E-state index contributed by atoms with van der Waals surface area (Å²) in [7, 11) is 0. The van der Waals surface area contributed by atoms with Gasteiger partial charge in [-0.1, -0.05) is 11.8 Å². The minimum absolute atomic E-state index is 0.0766. The highest BCUT2D eigenvalue weighted by molar-refractivity contribution is 8.14. The van der Waals surface area contributed by atoms with E-state index in [2.05, 4.69) is 0 Å². The van der Waals surface area contributed by atoms with Gasteiger partial charge >= 0.3 is 0 Å². The van der Waals surface area contributed by atoms with Crippen LogP contribution in [0.3, 0.4) is 0 Å². The van der Waals surface area contributed by atoms with Crippen molar-refractivity contribution in [3.63, 3.8) is 0 Å². The van der Waals surface area contributed by atoms with E-state index in [1.54, 1.807) is 4.90 Å². The Kier molecular flexibility index (Phi) is 3.24. The number of nitrogens with zero attached hydrogens (tertiary/aromatic N) is 1. The van der Waals surface area contributed by atoms with Crippen molar-refractivity contribution >= 4 is 22.7 Å². The zero-order valence-electron chi connectivity index (χ0n) is 8.57. The molecule has 0 saturated carbocycles. The Morgan fingerprint density at radius 2 is 2.12 bits per heavy atom. The van der Waals surface area contributed by atoms with Crippen LogP contribution in [0.15, 0.2) is 24.3 Å². The van der Waals surface area contributed by atoms with Crippen LogP contribution in [0.4, 0.5) is 4.39 Å². The van der Waals surface area contributed by atoms with Gasteiger partial charge in [0.25, 0.3) is 0 Å². The smallest absolute Gasteiger partial charge is 0.182 e. The van der Waals surface area contributed by atoms with Gasteiger partial charge in [-0.3, -0.25) is 10.2 Å². The summed E-state index contributed by atoms with van der Waals surface area (Å²) in [6, 6.07) is 5.50. The van der Waals surface area contributed by atoms with Gasteiger partial charge in [-0.05, 0) is 24.3 Å². The minimum atomic E-state index is -0.346. The number of thioether (sulfide) groups is 1. The molecule has 0 bridgehead atoms. The van der Waals surface area contributed by atoms with Gasteiger partial charge in [-0.2, -0.15) is 0 Å². The van der Waals surface area contributed by atoms with Crippen LogP contribution in [0.25, 0.3) is 0 Å². The predicted molar refractivity (Wildman–Crippen MR) is 62.5 cm³/mol. The lowest BCUT2D eigenvalue weighted by molar-refractivity contribution is 0.0966. The third-order valence-corrected chi connectivity index (χ3v) is 3.31. The quantitative estimate of drug-likeness (QED) is 0.819. The Hall–Kier alpha value is -1.36. The third kappa shape index (κ3) is 2.41. The Morgan fingerprint density at radius 1 is 1.44 bits per heavy atom. The Balaban J connectivity index is 2.02. The summed E-state index contributed by atoms with van der Waals surface area (Å²) in [5.41, 5.74) is 0.492.